The lowest BCUT2D eigenvalue weighted by Gasteiger charge is -2.16. The summed E-state index contributed by atoms with van der Waals surface area (Å²) in [6.07, 6.45) is 3.17. The quantitative estimate of drug-likeness (QED) is 0.519. The summed E-state index contributed by atoms with van der Waals surface area (Å²) in [4.78, 5) is 15.1. The summed E-state index contributed by atoms with van der Waals surface area (Å²) in [5, 5.41) is 9.87. The van der Waals surface area contributed by atoms with E-state index in [-0.39, 0.29) is 24.9 Å². The highest BCUT2D eigenvalue weighted by Gasteiger charge is 2.09. The molecule has 0 unspecified atom stereocenters. The zero-order chi connectivity index (χ0) is 19.9. The second kappa shape index (κ2) is 10.7. The number of rotatable bonds is 9. The minimum Gasteiger partial charge on any atom is -0.493 e. The van der Waals surface area contributed by atoms with Crippen LogP contribution in [0.2, 0.25) is 0 Å². The maximum absolute atomic E-state index is 10.7. The van der Waals surface area contributed by atoms with Crippen molar-refractivity contribution in [2.75, 3.05) is 6.61 Å². The number of aliphatic carboxylic acids is 1. The van der Waals surface area contributed by atoms with Gasteiger partial charge in [-0.1, -0.05) is 24.3 Å². The third-order valence-electron chi connectivity index (χ3n) is 4.64. The van der Waals surface area contributed by atoms with E-state index < -0.39 is 5.97 Å². The minimum absolute atomic E-state index is 0. The first kappa shape index (κ1) is 22.5. The van der Waals surface area contributed by atoms with Gasteiger partial charge in [0.1, 0.15) is 17.0 Å². The molecule has 0 fully saturated rings. The monoisotopic (exact) mass is 415 g/mol. The number of para-hydroxylation sites is 1. The molecule has 2 aromatic carbocycles. The van der Waals surface area contributed by atoms with Gasteiger partial charge in [-0.3, -0.25) is 9.78 Å². The topological polar surface area (TPSA) is 68.7 Å². The van der Waals surface area contributed by atoms with E-state index in [2.05, 4.69) is 4.98 Å². The van der Waals surface area contributed by atoms with E-state index in [9.17, 15) is 4.79 Å². The molecule has 29 heavy (non-hydrogen) atoms. The fraction of sp³-hybridized carbons (Fsp3) is 0.304. The number of hydrogen-bond acceptors (Lipinski definition) is 4. The molecular formula is C23H26ClNO4. The number of carboxylic acid groups (broad SMARTS) is 1. The van der Waals surface area contributed by atoms with E-state index in [1.165, 1.54) is 0 Å². The summed E-state index contributed by atoms with van der Waals surface area (Å²) >= 11 is 0. The lowest BCUT2D eigenvalue weighted by molar-refractivity contribution is -0.136. The van der Waals surface area contributed by atoms with Crippen LogP contribution in [0.15, 0.2) is 54.7 Å². The minimum atomic E-state index is -0.782. The number of hydrogen-bond donors (Lipinski definition) is 1. The Kier molecular flexibility index (Phi) is 8.28. The van der Waals surface area contributed by atoms with Gasteiger partial charge >= 0.3 is 5.97 Å². The van der Waals surface area contributed by atoms with Crippen LogP contribution < -0.4 is 9.47 Å². The maximum Gasteiger partial charge on any atom is 0.303 e. The molecule has 1 atom stereocenters. The number of ether oxygens (including phenoxy) is 2. The van der Waals surface area contributed by atoms with Crippen LogP contribution in [0, 0.1) is 6.92 Å². The molecule has 0 aliphatic rings. The molecular weight excluding hydrogens is 390 g/mol. The van der Waals surface area contributed by atoms with Crippen LogP contribution >= 0.6 is 12.4 Å². The van der Waals surface area contributed by atoms with Crippen molar-refractivity contribution in [2.24, 2.45) is 0 Å². The van der Waals surface area contributed by atoms with Crippen LogP contribution in [-0.4, -0.2) is 28.8 Å². The molecule has 0 bridgehead atoms. The van der Waals surface area contributed by atoms with Crippen molar-refractivity contribution in [1.29, 1.82) is 0 Å². The van der Waals surface area contributed by atoms with E-state index in [0.717, 1.165) is 39.9 Å². The number of nitrogens with zero attached hydrogens (tertiary/aromatic N) is 1. The second-order valence-corrected chi connectivity index (χ2v) is 6.88. The predicted octanol–water partition coefficient (Wildman–Crippen LogP) is 5.22. The van der Waals surface area contributed by atoms with Crippen molar-refractivity contribution >= 4 is 29.3 Å². The van der Waals surface area contributed by atoms with Crippen molar-refractivity contribution in [3.05, 3.63) is 65.9 Å². The first-order chi connectivity index (χ1) is 13.5. The van der Waals surface area contributed by atoms with E-state index >= 15 is 0 Å². The zero-order valence-corrected chi connectivity index (χ0v) is 17.4. The lowest BCUT2D eigenvalue weighted by Crippen LogP contribution is -2.16. The van der Waals surface area contributed by atoms with Crippen molar-refractivity contribution in [2.45, 2.75) is 39.2 Å². The Hall–Kier alpha value is -2.79. The Morgan fingerprint density at radius 2 is 1.97 bits per heavy atom. The summed E-state index contributed by atoms with van der Waals surface area (Å²) < 4.78 is 11.9. The van der Waals surface area contributed by atoms with Crippen LogP contribution in [0.3, 0.4) is 0 Å². The summed E-state index contributed by atoms with van der Waals surface area (Å²) in [6, 6.07) is 15.6. The van der Waals surface area contributed by atoms with Gasteiger partial charge in [0.25, 0.3) is 0 Å². The number of benzene rings is 2. The summed E-state index contributed by atoms with van der Waals surface area (Å²) in [6.45, 7) is 4.53. The largest absolute Gasteiger partial charge is 0.493 e. The number of halogens is 1. The Bertz CT molecular complexity index is 955. The average Bonchev–Trinajstić information content (AvgIpc) is 2.67. The van der Waals surface area contributed by atoms with Gasteiger partial charge in [0.2, 0.25) is 0 Å². The molecule has 0 saturated heterocycles. The molecule has 6 heteroatoms. The highest BCUT2D eigenvalue weighted by Crippen LogP contribution is 2.24. The average molecular weight is 416 g/mol. The summed E-state index contributed by atoms with van der Waals surface area (Å²) in [5.74, 6) is 0.787. The number of aromatic nitrogens is 1. The third kappa shape index (κ3) is 6.36. The summed E-state index contributed by atoms with van der Waals surface area (Å²) in [5.41, 5.74) is 2.95. The van der Waals surface area contributed by atoms with Gasteiger partial charge in [-0.25, -0.2) is 0 Å². The molecule has 0 amide bonds. The van der Waals surface area contributed by atoms with E-state index in [4.69, 9.17) is 14.6 Å². The number of carboxylic acids is 1. The zero-order valence-electron chi connectivity index (χ0n) is 16.6. The van der Waals surface area contributed by atoms with Crippen LogP contribution in [0.4, 0.5) is 0 Å². The Morgan fingerprint density at radius 3 is 2.72 bits per heavy atom. The number of fused-ring (bicyclic) bond motifs is 1. The molecule has 3 aromatic rings. The van der Waals surface area contributed by atoms with Gasteiger partial charge in [-0.15, -0.1) is 12.4 Å². The Labute approximate surface area is 177 Å². The van der Waals surface area contributed by atoms with Crippen molar-refractivity contribution in [3.8, 4) is 11.5 Å². The van der Waals surface area contributed by atoms with Crippen LogP contribution in [0.5, 0.6) is 11.5 Å². The molecule has 1 heterocycles. The van der Waals surface area contributed by atoms with Gasteiger partial charge in [-0.05, 0) is 55.7 Å². The molecule has 0 aliphatic heterocycles. The van der Waals surface area contributed by atoms with Gasteiger partial charge in [-0.2, -0.15) is 0 Å². The molecule has 3 rings (SSSR count). The van der Waals surface area contributed by atoms with Crippen molar-refractivity contribution < 1.29 is 19.4 Å². The van der Waals surface area contributed by atoms with Crippen LogP contribution in [0.25, 0.3) is 10.9 Å². The molecule has 154 valence electrons. The van der Waals surface area contributed by atoms with Crippen LogP contribution in [-0.2, 0) is 11.2 Å². The van der Waals surface area contributed by atoms with Crippen LogP contribution in [0.1, 0.15) is 30.9 Å². The van der Waals surface area contributed by atoms with E-state index in [0.29, 0.717) is 13.0 Å². The molecule has 0 aliphatic carbocycles. The molecule has 5 nitrogen and oxygen atoms in total. The molecule has 1 N–H and O–H groups in total. The molecule has 0 radical (unpaired) electrons. The normalized spacial score (nSPS) is 11.5. The maximum atomic E-state index is 10.7. The second-order valence-electron chi connectivity index (χ2n) is 6.88. The van der Waals surface area contributed by atoms with Crippen molar-refractivity contribution in [3.63, 3.8) is 0 Å². The summed E-state index contributed by atoms with van der Waals surface area (Å²) in [7, 11) is 0. The van der Waals surface area contributed by atoms with Crippen molar-refractivity contribution in [1.82, 2.24) is 4.98 Å². The molecule has 1 aromatic heterocycles. The fourth-order valence-corrected chi connectivity index (χ4v) is 3.07. The highest BCUT2D eigenvalue weighted by atomic mass is 35.5. The molecule has 0 spiro atoms. The van der Waals surface area contributed by atoms with E-state index in [1.807, 2.05) is 62.4 Å². The highest BCUT2D eigenvalue weighted by molar-refractivity contribution is 5.85. The first-order valence-electron chi connectivity index (χ1n) is 9.47. The Balaban J connectivity index is 0.00000300. The number of pyridine rings is 1. The number of aryl methyl sites for hydroxylation is 2. The third-order valence-corrected chi connectivity index (χ3v) is 4.64. The van der Waals surface area contributed by atoms with Gasteiger partial charge in [0, 0.05) is 24.4 Å². The predicted molar refractivity (Wildman–Crippen MR) is 116 cm³/mol. The fourth-order valence-electron chi connectivity index (χ4n) is 3.07. The van der Waals surface area contributed by atoms with Gasteiger partial charge in [0.15, 0.2) is 0 Å². The van der Waals surface area contributed by atoms with E-state index in [1.54, 1.807) is 6.20 Å². The Morgan fingerprint density at radius 1 is 1.17 bits per heavy atom. The van der Waals surface area contributed by atoms with Gasteiger partial charge < -0.3 is 14.6 Å². The lowest BCUT2D eigenvalue weighted by atomic mass is 10.0. The SMILES string of the molecule is Cc1cc(OCC[C@@H](C)Oc2cccc3cccnc23)ccc1CCC(=O)O.Cl. The first-order valence-corrected chi connectivity index (χ1v) is 9.47. The molecule has 0 saturated carbocycles. The number of carbonyl (C=O) groups is 1. The van der Waals surface area contributed by atoms with Gasteiger partial charge in [0.05, 0.1) is 12.7 Å². The smallest absolute Gasteiger partial charge is 0.303 e. The standard InChI is InChI=1S/C23H25NO4.ClH/c1-16-15-20(10-8-18(16)9-11-22(25)26)27-14-12-17(2)28-21-7-3-5-19-6-4-13-24-23(19)21;/h3-8,10,13,15,17H,9,11-12,14H2,1-2H3,(H,25,26);1H/t17-;/m1./s1.